The minimum atomic E-state index is -0.278. The van der Waals surface area contributed by atoms with Gasteiger partial charge in [0.1, 0.15) is 0 Å². The van der Waals surface area contributed by atoms with E-state index in [4.69, 9.17) is 4.74 Å². The fourth-order valence-electron chi connectivity index (χ4n) is 1.78. The second kappa shape index (κ2) is 12.2. The number of esters is 1. The molecule has 0 atom stereocenters. The van der Waals surface area contributed by atoms with Gasteiger partial charge < -0.3 is 4.74 Å². The molecule has 118 valence electrons. The molecule has 0 aromatic carbocycles. The van der Waals surface area contributed by atoms with Crippen molar-refractivity contribution in [1.82, 2.24) is 0 Å². The van der Waals surface area contributed by atoms with Crippen molar-refractivity contribution in [3.8, 4) is 0 Å². The smallest absolute Gasteiger partial charge is 0.330 e. The summed E-state index contributed by atoms with van der Waals surface area (Å²) in [5.41, 5.74) is 3.78. The number of allylic oxidation sites excluding steroid dienone is 7. The zero-order valence-corrected chi connectivity index (χ0v) is 14.2. The summed E-state index contributed by atoms with van der Waals surface area (Å²) in [4.78, 5) is 11.3. The molecule has 2 heteroatoms. The van der Waals surface area contributed by atoms with Crippen LogP contribution in [0.5, 0.6) is 0 Å². The van der Waals surface area contributed by atoms with Crippen molar-refractivity contribution in [3.63, 3.8) is 0 Å². The molecule has 0 unspecified atom stereocenters. The van der Waals surface area contributed by atoms with Crippen LogP contribution in [0.25, 0.3) is 0 Å². The Hall–Kier alpha value is -1.57. The van der Waals surface area contributed by atoms with Crippen molar-refractivity contribution in [1.29, 1.82) is 0 Å². The van der Waals surface area contributed by atoms with E-state index in [1.54, 1.807) is 0 Å². The van der Waals surface area contributed by atoms with Gasteiger partial charge in [-0.1, -0.05) is 49.3 Å². The maximum absolute atomic E-state index is 11.3. The topological polar surface area (TPSA) is 26.3 Å². The van der Waals surface area contributed by atoms with Gasteiger partial charge in [-0.25, -0.2) is 4.79 Å². The van der Waals surface area contributed by atoms with Crippen molar-refractivity contribution in [2.75, 3.05) is 6.61 Å². The van der Waals surface area contributed by atoms with Crippen LogP contribution >= 0.6 is 0 Å². The third-order valence-electron chi connectivity index (χ3n) is 3.29. The van der Waals surface area contributed by atoms with Crippen LogP contribution in [0.4, 0.5) is 0 Å². The summed E-state index contributed by atoms with van der Waals surface area (Å²) in [6.07, 6.45) is 14.3. The Morgan fingerprint density at radius 1 is 1.10 bits per heavy atom. The van der Waals surface area contributed by atoms with Gasteiger partial charge in [-0.15, -0.1) is 0 Å². The van der Waals surface area contributed by atoms with Gasteiger partial charge in [-0.05, 0) is 52.0 Å². The Bertz CT molecular complexity index is 423. The van der Waals surface area contributed by atoms with Crippen LogP contribution in [0.3, 0.4) is 0 Å². The molecule has 0 aliphatic rings. The van der Waals surface area contributed by atoms with E-state index in [-0.39, 0.29) is 5.97 Å². The third kappa shape index (κ3) is 10.8. The zero-order chi connectivity index (χ0) is 16.1. The van der Waals surface area contributed by atoms with Gasteiger partial charge >= 0.3 is 5.97 Å². The number of hydrogen-bond acceptors (Lipinski definition) is 2. The van der Waals surface area contributed by atoms with E-state index in [2.05, 4.69) is 32.9 Å². The number of rotatable bonds is 9. The number of carbonyl (C=O) groups is 1. The Morgan fingerprint density at radius 2 is 1.81 bits per heavy atom. The quantitative estimate of drug-likeness (QED) is 0.242. The van der Waals surface area contributed by atoms with E-state index < -0.39 is 0 Å². The van der Waals surface area contributed by atoms with E-state index in [0.29, 0.717) is 6.61 Å². The number of hydrogen-bond donors (Lipinski definition) is 0. The molecule has 0 heterocycles. The molecule has 0 fully saturated rings. The monoisotopic (exact) mass is 290 g/mol. The van der Waals surface area contributed by atoms with Crippen molar-refractivity contribution in [2.24, 2.45) is 0 Å². The zero-order valence-electron chi connectivity index (χ0n) is 14.2. The van der Waals surface area contributed by atoms with Gasteiger partial charge in [0.2, 0.25) is 0 Å². The molecule has 0 bridgehead atoms. The Morgan fingerprint density at radius 3 is 2.38 bits per heavy atom. The maximum atomic E-state index is 11.3. The lowest BCUT2D eigenvalue weighted by molar-refractivity contribution is -0.137. The van der Waals surface area contributed by atoms with Crippen LogP contribution < -0.4 is 0 Å². The molecular weight excluding hydrogens is 260 g/mol. The predicted molar refractivity (Wildman–Crippen MR) is 91.2 cm³/mol. The second-order valence-corrected chi connectivity index (χ2v) is 5.12. The van der Waals surface area contributed by atoms with Gasteiger partial charge in [0.15, 0.2) is 0 Å². The minimum absolute atomic E-state index is 0.278. The lowest BCUT2D eigenvalue weighted by atomic mass is 10.0. The van der Waals surface area contributed by atoms with Crippen molar-refractivity contribution < 1.29 is 9.53 Å². The molecule has 0 aliphatic heterocycles. The van der Waals surface area contributed by atoms with Crippen molar-refractivity contribution >= 4 is 5.97 Å². The molecule has 0 aromatic rings. The summed E-state index contributed by atoms with van der Waals surface area (Å²) in [6, 6.07) is 0. The number of ether oxygens (including phenoxy) is 1. The first-order valence-corrected chi connectivity index (χ1v) is 7.90. The van der Waals surface area contributed by atoms with E-state index in [0.717, 1.165) is 31.3 Å². The van der Waals surface area contributed by atoms with E-state index >= 15 is 0 Å². The predicted octanol–water partition coefficient (Wildman–Crippen LogP) is 5.52. The highest BCUT2D eigenvalue weighted by atomic mass is 16.5. The molecule has 0 aromatic heterocycles. The SMILES string of the molecule is CCOC(=O)C=C(C)C=CC=C(CC)CCC=C(C)CC. The highest BCUT2D eigenvalue weighted by Crippen LogP contribution is 2.12. The standard InChI is InChI=1S/C19H30O2/c1-6-16(4)11-9-13-18(7-2)14-10-12-17(5)15-19(20)21-8-3/h10-12,14-15H,6-9,13H2,1-5H3. The van der Waals surface area contributed by atoms with Crippen LogP contribution in [0.15, 0.2) is 47.1 Å². The Balaban J connectivity index is 4.45. The van der Waals surface area contributed by atoms with Crippen molar-refractivity contribution in [2.45, 2.75) is 60.3 Å². The molecule has 0 saturated carbocycles. The summed E-state index contributed by atoms with van der Waals surface area (Å²) < 4.78 is 4.88. The fourth-order valence-corrected chi connectivity index (χ4v) is 1.78. The molecule has 21 heavy (non-hydrogen) atoms. The summed E-state index contributed by atoms with van der Waals surface area (Å²) in [5, 5.41) is 0. The van der Waals surface area contributed by atoms with Crippen LogP contribution in [-0.2, 0) is 9.53 Å². The van der Waals surface area contributed by atoms with Crippen LogP contribution in [0.1, 0.15) is 60.3 Å². The highest BCUT2D eigenvalue weighted by Gasteiger charge is 1.95. The summed E-state index contributed by atoms with van der Waals surface area (Å²) in [5.74, 6) is -0.278. The van der Waals surface area contributed by atoms with Crippen LogP contribution in [-0.4, -0.2) is 12.6 Å². The van der Waals surface area contributed by atoms with Crippen LogP contribution in [0.2, 0.25) is 0 Å². The molecule has 0 spiro atoms. The number of carbonyl (C=O) groups excluding carboxylic acids is 1. The lowest BCUT2D eigenvalue weighted by Gasteiger charge is -2.02. The summed E-state index contributed by atoms with van der Waals surface area (Å²) in [7, 11) is 0. The second-order valence-electron chi connectivity index (χ2n) is 5.12. The van der Waals surface area contributed by atoms with E-state index in [1.807, 2.05) is 26.0 Å². The van der Waals surface area contributed by atoms with Crippen molar-refractivity contribution in [3.05, 3.63) is 47.1 Å². The fraction of sp³-hybridized carbons (Fsp3) is 0.526. The molecule has 0 N–H and O–H groups in total. The summed E-state index contributed by atoms with van der Waals surface area (Å²) >= 11 is 0. The molecule has 0 amide bonds. The molecule has 0 rings (SSSR count). The molecule has 0 aliphatic carbocycles. The van der Waals surface area contributed by atoms with Gasteiger partial charge in [0, 0.05) is 6.08 Å². The Labute approximate surface area is 130 Å². The largest absolute Gasteiger partial charge is 0.463 e. The van der Waals surface area contributed by atoms with Gasteiger partial charge in [0.05, 0.1) is 6.61 Å². The third-order valence-corrected chi connectivity index (χ3v) is 3.29. The first-order chi connectivity index (χ1) is 10.0. The molecule has 0 saturated heterocycles. The normalized spacial score (nSPS) is 13.9. The Kier molecular flexibility index (Phi) is 11.3. The van der Waals surface area contributed by atoms with Crippen LogP contribution in [0, 0.1) is 0 Å². The lowest BCUT2D eigenvalue weighted by Crippen LogP contribution is -1.99. The first-order valence-electron chi connectivity index (χ1n) is 7.90. The van der Waals surface area contributed by atoms with E-state index in [1.165, 1.54) is 17.2 Å². The summed E-state index contributed by atoms with van der Waals surface area (Å²) in [6.45, 7) is 10.7. The average molecular weight is 290 g/mol. The molecule has 0 radical (unpaired) electrons. The van der Waals surface area contributed by atoms with Gasteiger partial charge in [-0.3, -0.25) is 0 Å². The maximum Gasteiger partial charge on any atom is 0.330 e. The van der Waals surface area contributed by atoms with Gasteiger partial charge in [0.25, 0.3) is 0 Å². The first kappa shape index (κ1) is 19.4. The van der Waals surface area contributed by atoms with Gasteiger partial charge in [-0.2, -0.15) is 0 Å². The average Bonchev–Trinajstić information content (AvgIpc) is 2.45. The minimum Gasteiger partial charge on any atom is -0.463 e. The van der Waals surface area contributed by atoms with E-state index in [9.17, 15) is 4.79 Å². The molecule has 2 nitrogen and oxygen atoms in total. The molecular formula is C19H30O2. The highest BCUT2D eigenvalue weighted by molar-refractivity contribution is 5.83.